The van der Waals surface area contributed by atoms with Gasteiger partial charge in [0.05, 0.1) is 19.3 Å². The number of amidine groups is 1. The first-order chi connectivity index (χ1) is 15.1. The second-order valence-electron chi connectivity index (χ2n) is 8.86. The summed E-state index contributed by atoms with van der Waals surface area (Å²) in [5.74, 6) is 1.53. The summed E-state index contributed by atoms with van der Waals surface area (Å²) in [4.78, 5) is 4.54. The lowest BCUT2D eigenvalue weighted by Crippen LogP contribution is -2.52. The molecule has 1 aromatic rings. The molecule has 6 nitrogen and oxygen atoms in total. The smallest absolute Gasteiger partial charge is 0.158 e. The van der Waals surface area contributed by atoms with E-state index in [9.17, 15) is 4.39 Å². The lowest BCUT2D eigenvalue weighted by atomic mass is 9.98. The molecule has 3 unspecified atom stereocenters. The molecule has 4 aliphatic heterocycles. The van der Waals surface area contributed by atoms with E-state index in [1.165, 1.54) is 18.9 Å². The van der Waals surface area contributed by atoms with E-state index in [0.717, 1.165) is 31.0 Å². The summed E-state index contributed by atoms with van der Waals surface area (Å²) < 4.78 is 20.0. The second-order valence-corrected chi connectivity index (χ2v) is 8.86. The molecule has 31 heavy (non-hydrogen) atoms. The van der Waals surface area contributed by atoms with E-state index in [-0.39, 0.29) is 18.0 Å². The molecular weight excluding hydrogens is 393 g/mol. The summed E-state index contributed by atoms with van der Waals surface area (Å²) in [6, 6.07) is 7.81. The molecule has 3 atom stereocenters. The minimum atomic E-state index is -0.192. The highest BCUT2D eigenvalue weighted by Gasteiger charge is 2.41. The number of ether oxygens (including phenoxy) is 1. The number of nitrogens with zero attached hydrogens (tertiary/aromatic N) is 4. The van der Waals surface area contributed by atoms with E-state index in [1.54, 1.807) is 12.1 Å². The number of nitrogens with two attached hydrogens (primary N) is 1. The number of piperidine rings is 1. The van der Waals surface area contributed by atoms with Crippen LogP contribution in [0, 0.1) is 5.82 Å². The molecule has 2 N–H and O–H groups in total. The van der Waals surface area contributed by atoms with Crippen LogP contribution in [0.1, 0.15) is 31.2 Å². The Labute approximate surface area is 183 Å². The van der Waals surface area contributed by atoms with Gasteiger partial charge in [0.15, 0.2) is 5.84 Å². The summed E-state index contributed by atoms with van der Waals surface area (Å²) >= 11 is 0. The van der Waals surface area contributed by atoms with Gasteiger partial charge >= 0.3 is 0 Å². The van der Waals surface area contributed by atoms with Crippen LogP contribution in [0.3, 0.4) is 0 Å². The van der Waals surface area contributed by atoms with Crippen LogP contribution in [0.5, 0.6) is 0 Å². The Morgan fingerprint density at radius 1 is 1.16 bits per heavy atom. The SMILES string of the molecule is C=C1N(CC(N)CN2C3CCC2CC(OCc2ccccc2F)C3)N=C2C=CC=CN12. The van der Waals surface area contributed by atoms with Crippen molar-refractivity contribution < 1.29 is 9.13 Å². The fraction of sp³-hybridized carbons (Fsp3) is 0.458. The van der Waals surface area contributed by atoms with E-state index in [4.69, 9.17) is 10.5 Å². The fourth-order valence-corrected chi connectivity index (χ4v) is 5.22. The first kappa shape index (κ1) is 20.4. The molecule has 2 saturated heterocycles. The molecule has 0 aliphatic carbocycles. The summed E-state index contributed by atoms with van der Waals surface area (Å²) in [6.07, 6.45) is 12.4. The number of fused-ring (bicyclic) bond motifs is 3. The molecule has 1 aromatic carbocycles. The maximum atomic E-state index is 13.9. The number of hydrogen-bond acceptors (Lipinski definition) is 6. The Morgan fingerprint density at radius 3 is 2.68 bits per heavy atom. The van der Waals surface area contributed by atoms with Crippen LogP contribution >= 0.6 is 0 Å². The molecule has 164 valence electrons. The summed E-state index contributed by atoms with van der Waals surface area (Å²) in [6.45, 7) is 5.99. The zero-order valence-corrected chi connectivity index (χ0v) is 17.7. The minimum Gasteiger partial charge on any atom is -0.373 e. The molecule has 0 aromatic heterocycles. The highest BCUT2D eigenvalue weighted by atomic mass is 19.1. The molecule has 0 spiro atoms. The van der Waals surface area contributed by atoms with Gasteiger partial charge in [-0.3, -0.25) is 9.80 Å². The van der Waals surface area contributed by atoms with Crippen molar-refractivity contribution in [1.29, 1.82) is 0 Å². The molecule has 2 fully saturated rings. The monoisotopic (exact) mass is 423 g/mol. The van der Waals surface area contributed by atoms with Gasteiger partial charge < -0.3 is 10.5 Å². The fourth-order valence-electron chi connectivity index (χ4n) is 5.22. The molecule has 0 radical (unpaired) electrons. The Hall–Kier alpha value is -2.48. The van der Waals surface area contributed by atoms with E-state index < -0.39 is 0 Å². The Bertz CT molecular complexity index is 914. The number of rotatable bonds is 7. The van der Waals surface area contributed by atoms with Gasteiger partial charge in [-0.1, -0.05) is 30.9 Å². The van der Waals surface area contributed by atoms with Gasteiger partial charge in [0, 0.05) is 36.4 Å². The van der Waals surface area contributed by atoms with E-state index in [2.05, 4.69) is 16.6 Å². The third-order valence-electron chi connectivity index (χ3n) is 6.76. The van der Waals surface area contributed by atoms with Gasteiger partial charge in [0.2, 0.25) is 0 Å². The Morgan fingerprint density at radius 2 is 1.94 bits per heavy atom. The predicted octanol–water partition coefficient (Wildman–Crippen LogP) is 3.15. The standard InChI is InChI=1S/C24H30FN5O/c1-17-28-11-5-4-8-24(28)27-30(17)15-19(26)14-29-20-9-10-21(29)13-22(12-20)31-16-18-6-2-3-7-23(18)25/h2-8,11,19-22H,1,9-10,12-16,26H2. The van der Waals surface area contributed by atoms with Crippen LogP contribution in [0.4, 0.5) is 4.39 Å². The van der Waals surface area contributed by atoms with Crippen molar-refractivity contribution in [3.05, 3.63) is 72.5 Å². The maximum absolute atomic E-state index is 13.9. The summed E-state index contributed by atoms with van der Waals surface area (Å²) in [5, 5.41) is 6.55. The van der Waals surface area contributed by atoms with E-state index >= 15 is 0 Å². The maximum Gasteiger partial charge on any atom is 0.158 e. The Balaban J connectivity index is 1.14. The summed E-state index contributed by atoms with van der Waals surface area (Å²) in [7, 11) is 0. The van der Waals surface area contributed by atoms with Crippen molar-refractivity contribution >= 4 is 5.84 Å². The van der Waals surface area contributed by atoms with Crippen LogP contribution in [0.15, 0.2) is 66.2 Å². The van der Waals surface area contributed by atoms with Crippen LogP contribution < -0.4 is 5.73 Å². The van der Waals surface area contributed by atoms with Crippen molar-refractivity contribution in [2.45, 2.75) is 56.5 Å². The molecule has 4 aliphatic rings. The van der Waals surface area contributed by atoms with Gasteiger partial charge in [0.25, 0.3) is 0 Å². The van der Waals surface area contributed by atoms with Crippen LogP contribution in [0.25, 0.3) is 0 Å². The van der Waals surface area contributed by atoms with Gasteiger partial charge in [0.1, 0.15) is 11.6 Å². The second kappa shape index (κ2) is 8.57. The first-order valence-electron chi connectivity index (χ1n) is 11.1. The van der Waals surface area contributed by atoms with Gasteiger partial charge in [-0.05, 0) is 43.9 Å². The molecule has 0 saturated carbocycles. The highest BCUT2D eigenvalue weighted by molar-refractivity contribution is 5.97. The van der Waals surface area contributed by atoms with Crippen molar-refractivity contribution in [2.75, 3.05) is 13.1 Å². The molecule has 5 rings (SSSR count). The molecule has 2 bridgehead atoms. The van der Waals surface area contributed by atoms with E-state index in [0.29, 0.717) is 30.8 Å². The number of hydrogen-bond donors (Lipinski definition) is 1. The third-order valence-corrected chi connectivity index (χ3v) is 6.76. The predicted molar refractivity (Wildman–Crippen MR) is 119 cm³/mol. The topological polar surface area (TPSA) is 57.3 Å². The Kier molecular flexibility index (Phi) is 5.65. The van der Waals surface area contributed by atoms with Crippen molar-refractivity contribution in [3.8, 4) is 0 Å². The van der Waals surface area contributed by atoms with E-state index in [1.807, 2.05) is 40.4 Å². The normalized spacial score (nSPS) is 28.3. The van der Waals surface area contributed by atoms with Crippen molar-refractivity contribution in [1.82, 2.24) is 14.8 Å². The first-order valence-corrected chi connectivity index (χ1v) is 11.1. The average molecular weight is 424 g/mol. The lowest BCUT2D eigenvalue weighted by molar-refractivity contribution is -0.0306. The molecule has 0 amide bonds. The largest absolute Gasteiger partial charge is 0.373 e. The number of allylic oxidation sites excluding steroid dienone is 2. The quantitative estimate of drug-likeness (QED) is 0.730. The highest BCUT2D eigenvalue weighted by Crippen LogP contribution is 2.37. The van der Waals surface area contributed by atoms with Gasteiger partial charge in [-0.25, -0.2) is 9.40 Å². The van der Waals surface area contributed by atoms with Crippen LogP contribution in [0.2, 0.25) is 0 Å². The number of hydrazone groups is 1. The third kappa shape index (κ3) is 4.18. The molecular formula is C24H30FN5O. The molecule has 7 heteroatoms. The van der Waals surface area contributed by atoms with Gasteiger partial charge in [-0.15, -0.1) is 0 Å². The van der Waals surface area contributed by atoms with Crippen LogP contribution in [-0.2, 0) is 11.3 Å². The summed E-state index contributed by atoms with van der Waals surface area (Å²) in [5.41, 5.74) is 7.19. The van der Waals surface area contributed by atoms with Crippen LogP contribution in [-0.4, -0.2) is 58.0 Å². The van der Waals surface area contributed by atoms with Gasteiger partial charge in [-0.2, -0.15) is 5.10 Å². The zero-order chi connectivity index (χ0) is 21.4. The molecule has 4 heterocycles. The van der Waals surface area contributed by atoms with Crippen molar-refractivity contribution in [2.24, 2.45) is 10.8 Å². The lowest BCUT2D eigenvalue weighted by Gasteiger charge is -2.40. The number of benzene rings is 1. The zero-order valence-electron chi connectivity index (χ0n) is 17.7. The average Bonchev–Trinajstić information content (AvgIpc) is 3.19. The number of halogens is 1. The minimum absolute atomic E-state index is 0.0191. The van der Waals surface area contributed by atoms with Crippen molar-refractivity contribution in [3.63, 3.8) is 0 Å².